The molecule has 1 N–H and O–H groups in total. The van der Waals surface area contributed by atoms with E-state index in [1.54, 1.807) is 6.07 Å². The van der Waals surface area contributed by atoms with Gasteiger partial charge in [-0.15, -0.1) is 0 Å². The van der Waals surface area contributed by atoms with Crippen molar-refractivity contribution in [3.05, 3.63) is 34.6 Å². The SMILES string of the molecule is CC(C)CNCC(C)(C)Cc1ccc(F)cc1Cl. The van der Waals surface area contributed by atoms with Gasteiger partial charge in [-0.25, -0.2) is 4.39 Å². The maximum Gasteiger partial charge on any atom is 0.124 e. The van der Waals surface area contributed by atoms with E-state index in [4.69, 9.17) is 11.6 Å². The molecule has 0 aliphatic carbocycles. The Morgan fingerprint density at radius 3 is 2.56 bits per heavy atom. The van der Waals surface area contributed by atoms with Crippen LogP contribution in [0.4, 0.5) is 4.39 Å². The Morgan fingerprint density at radius 2 is 2.00 bits per heavy atom. The summed E-state index contributed by atoms with van der Waals surface area (Å²) in [6.45, 7) is 10.7. The van der Waals surface area contributed by atoms with Crippen LogP contribution in [0.15, 0.2) is 18.2 Å². The van der Waals surface area contributed by atoms with E-state index in [0.717, 1.165) is 25.1 Å². The molecule has 0 saturated carbocycles. The summed E-state index contributed by atoms with van der Waals surface area (Å²) in [7, 11) is 0. The molecule has 0 atom stereocenters. The van der Waals surface area contributed by atoms with Gasteiger partial charge in [0.15, 0.2) is 0 Å². The molecule has 3 heteroatoms. The first kappa shape index (κ1) is 15.5. The lowest BCUT2D eigenvalue weighted by Gasteiger charge is -2.26. The Kier molecular flexibility index (Phi) is 5.61. The fraction of sp³-hybridized carbons (Fsp3) is 0.600. The molecule has 0 spiro atoms. The van der Waals surface area contributed by atoms with Gasteiger partial charge in [-0.1, -0.05) is 45.4 Å². The van der Waals surface area contributed by atoms with Crippen LogP contribution in [0, 0.1) is 17.2 Å². The average Bonchev–Trinajstić information content (AvgIpc) is 2.21. The minimum Gasteiger partial charge on any atom is -0.316 e. The van der Waals surface area contributed by atoms with E-state index >= 15 is 0 Å². The summed E-state index contributed by atoms with van der Waals surface area (Å²) in [5.41, 5.74) is 1.12. The van der Waals surface area contributed by atoms with E-state index in [1.165, 1.54) is 12.1 Å². The number of hydrogen-bond donors (Lipinski definition) is 1. The zero-order chi connectivity index (χ0) is 13.8. The van der Waals surface area contributed by atoms with Crippen molar-refractivity contribution in [1.29, 1.82) is 0 Å². The Bertz CT molecular complexity index is 388. The highest BCUT2D eigenvalue weighted by Gasteiger charge is 2.19. The molecule has 1 nitrogen and oxygen atoms in total. The highest BCUT2D eigenvalue weighted by molar-refractivity contribution is 6.31. The fourth-order valence-electron chi connectivity index (χ4n) is 1.94. The Morgan fingerprint density at radius 1 is 1.33 bits per heavy atom. The molecule has 0 unspecified atom stereocenters. The van der Waals surface area contributed by atoms with Gasteiger partial charge < -0.3 is 5.32 Å². The minimum absolute atomic E-state index is 0.107. The van der Waals surface area contributed by atoms with Gasteiger partial charge in [0.05, 0.1) is 0 Å². The highest BCUT2D eigenvalue weighted by atomic mass is 35.5. The molecule has 0 saturated heterocycles. The molecule has 1 rings (SSSR count). The van der Waals surface area contributed by atoms with Crippen LogP contribution in [0.25, 0.3) is 0 Å². The quantitative estimate of drug-likeness (QED) is 0.814. The first-order valence-corrected chi connectivity index (χ1v) is 6.82. The zero-order valence-electron chi connectivity index (χ0n) is 11.7. The van der Waals surface area contributed by atoms with Crippen LogP contribution >= 0.6 is 11.6 Å². The van der Waals surface area contributed by atoms with Crippen LogP contribution in [0.3, 0.4) is 0 Å². The van der Waals surface area contributed by atoms with Gasteiger partial charge in [0.1, 0.15) is 5.82 Å². The second-order valence-electron chi connectivity index (χ2n) is 6.10. The number of halogens is 2. The topological polar surface area (TPSA) is 12.0 Å². The van der Waals surface area contributed by atoms with Crippen LogP contribution in [0.1, 0.15) is 33.3 Å². The molecule has 0 bridgehead atoms. The number of nitrogens with one attached hydrogen (secondary N) is 1. The Hall–Kier alpha value is -0.600. The van der Waals surface area contributed by atoms with E-state index in [2.05, 4.69) is 33.0 Å². The average molecular weight is 272 g/mol. The van der Waals surface area contributed by atoms with Gasteiger partial charge in [0, 0.05) is 11.6 Å². The standard InChI is InChI=1S/C15H23ClFN/c1-11(2)9-18-10-15(3,4)8-12-5-6-13(17)7-14(12)16/h5-7,11,18H,8-10H2,1-4H3. The fourth-order valence-corrected chi connectivity index (χ4v) is 2.18. The minimum atomic E-state index is -0.278. The molecule has 18 heavy (non-hydrogen) atoms. The summed E-state index contributed by atoms with van der Waals surface area (Å²) in [6.07, 6.45) is 0.844. The van der Waals surface area contributed by atoms with Crippen molar-refractivity contribution >= 4 is 11.6 Å². The molecule has 0 fully saturated rings. The van der Waals surface area contributed by atoms with Crippen molar-refractivity contribution in [1.82, 2.24) is 5.32 Å². The van der Waals surface area contributed by atoms with Crippen molar-refractivity contribution in [2.45, 2.75) is 34.1 Å². The molecule has 0 radical (unpaired) electrons. The maximum atomic E-state index is 13.0. The molecule has 1 aromatic carbocycles. The lowest BCUT2D eigenvalue weighted by atomic mass is 9.85. The lowest BCUT2D eigenvalue weighted by Crippen LogP contribution is -2.33. The summed E-state index contributed by atoms with van der Waals surface area (Å²) in [4.78, 5) is 0. The summed E-state index contributed by atoms with van der Waals surface area (Å²) in [5.74, 6) is 0.370. The summed E-state index contributed by atoms with van der Waals surface area (Å²) < 4.78 is 13.0. The molecule has 0 aliphatic rings. The summed E-state index contributed by atoms with van der Waals surface area (Å²) in [6, 6.07) is 4.63. The number of benzene rings is 1. The second-order valence-corrected chi connectivity index (χ2v) is 6.51. The van der Waals surface area contributed by atoms with Crippen molar-refractivity contribution in [2.75, 3.05) is 13.1 Å². The largest absolute Gasteiger partial charge is 0.316 e. The predicted octanol–water partition coefficient (Wildman–Crippen LogP) is 4.29. The van der Waals surface area contributed by atoms with Gasteiger partial charge in [0.25, 0.3) is 0 Å². The molecular formula is C15H23ClFN. The van der Waals surface area contributed by atoms with E-state index in [0.29, 0.717) is 10.9 Å². The summed E-state index contributed by atoms with van der Waals surface area (Å²) in [5, 5.41) is 3.98. The van der Waals surface area contributed by atoms with Crippen molar-refractivity contribution in [2.24, 2.45) is 11.3 Å². The lowest BCUT2D eigenvalue weighted by molar-refractivity contribution is 0.330. The third-order valence-corrected chi connectivity index (χ3v) is 3.19. The molecule has 1 aromatic rings. The Balaban J connectivity index is 2.58. The van der Waals surface area contributed by atoms with Crippen molar-refractivity contribution < 1.29 is 4.39 Å². The van der Waals surface area contributed by atoms with E-state index in [1.807, 2.05) is 0 Å². The normalized spacial score (nSPS) is 12.2. The van der Waals surface area contributed by atoms with Crippen molar-refractivity contribution in [3.63, 3.8) is 0 Å². The molecule has 0 heterocycles. The third kappa shape index (κ3) is 5.36. The van der Waals surface area contributed by atoms with E-state index in [9.17, 15) is 4.39 Å². The molecular weight excluding hydrogens is 249 g/mol. The van der Waals surface area contributed by atoms with Crippen LogP contribution in [-0.2, 0) is 6.42 Å². The Labute approximate surface area is 115 Å². The van der Waals surface area contributed by atoms with Crippen LogP contribution in [0.5, 0.6) is 0 Å². The molecule has 0 aromatic heterocycles. The van der Waals surface area contributed by atoms with Gasteiger partial charge in [-0.3, -0.25) is 0 Å². The first-order valence-electron chi connectivity index (χ1n) is 6.45. The van der Waals surface area contributed by atoms with E-state index in [-0.39, 0.29) is 11.2 Å². The smallest absolute Gasteiger partial charge is 0.124 e. The van der Waals surface area contributed by atoms with Crippen LogP contribution < -0.4 is 5.32 Å². The first-order chi connectivity index (χ1) is 8.30. The van der Waals surface area contributed by atoms with Gasteiger partial charge in [-0.2, -0.15) is 0 Å². The molecule has 0 amide bonds. The third-order valence-electron chi connectivity index (χ3n) is 2.84. The number of hydrogen-bond acceptors (Lipinski definition) is 1. The number of rotatable bonds is 6. The molecule has 0 aliphatic heterocycles. The second kappa shape index (κ2) is 6.53. The monoisotopic (exact) mass is 271 g/mol. The zero-order valence-corrected chi connectivity index (χ0v) is 12.4. The van der Waals surface area contributed by atoms with Gasteiger partial charge in [-0.05, 0) is 42.0 Å². The van der Waals surface area contributed by atoms with Crippen molar-refractivity contribution in [3.8, 4) is 0 Å². The van der Waals surface area contributed by atoms with Gasteiger partial charge in [0.2, 0.25) is 0 Å². The maximum absolute atomic E-state index is 13.0. The predicted molar refractivity (Wildman–Crippen MR) is 76.6 cm³/mol. The molecule has 102 valence electrons. The van der Waals surface area contributed by atoms with Crippen LogP contribution in [0.2, 0.25) is 5.02 Å². The highest BCUT2D eigenvalue weighted by Crippen LogP contribution is 2.26. The van der Waals surface area contributed by atoms with E-state index < -0.39 is 0 Å². The van der Waals surface area contributed by atoms with Crippen LogP contribution in [-0.4, -0.2) is 13.1 Å². The van der Waals surface area contributed by atoms with Gasteiger partial charge >= 0.3 is 0 Å². The summed E-state index contributed by atoms with van der Waals surface area (Å²) >= 11 is 6.06.